The first-order chi connectivity index (χ1) is 17.9. The number of aromatic amines is 1. The molecule has 192 valence electrons. The summed E-state index contributed by atoms with van der Waals surface area (Å²) in [6.07, 6.45) is 3.43. The second-order valence-electron chi connectivity index (χ2n) is 9.83. The largest absolute Gasteiger partial charge is 0.478 e. The van der Waals surface area contributed by atoms with Crippen molar-refractivity contribution in [3.8, 4) is 11.3 Å². The molecule has 0 spiro atoms. The smallest absolute Gasteiger partial charge is 0.335 e. The van der Waals surface area contributed by atoms with Crippen LogP contribution in [0.3, 0.4) is 0 Å². The molecule has 0 aliphatic carbocycles. The Labute approximate surface area is 214 Å². The van der Waals surface area contributed by atoms with Gasteiger partial charge in [-0.25, -0.2) is 9.48 Å². The van der Waals surface area contributed by atoms with Crippen LogP contribution in [0.1, 0.15) is 41.8 Å². The van der Waals surface area contributed by atoms with Crippen LogP contribution in [0.4, 0.5) is 5.82 Å². The minimum atomic E-state index is -0.921. The molecule has 0 bridgehead atoms. The summed E-state index contributed by atoms with van der Waals surface area (Å²) < 4.78 is 7.17. The van der Waals surface area contributed by atoms with Crippen LogP contribution in [0.2, 0.25) is 0 Å². The number of pyridine rings is 1. The van der Waals surface area contributed by atoms with E-state index in [-0.39, 0.29) is 5.43 Å². The number of nitrogens with one attached hydrogen (secondary N) is 1. The number of anilines is 1. The Morgan fingerprint density at radius 2 is 1.95 bits per heavy atom. The number of rotatable bonds is 8. The molecule has 1 aliphatic rings. The van der Waals surface area contributed by atoms with E-state index >= 15 is 0 Å². The zero-order chi connectivity index (χ0) is 25.9. The standard InChI is InChI=1S/C28H31N5O4/c1-18(2)9-10-20-19(5-3-6-21(20)28(35)36)16-33-17-24(30-31-33)22-7-4-8-23-25(34)15-26(29-27(22)23)32-11-13-37-14-12-32/h3-8,15,17-18H,9-14,16H2,1-2H3,(H,29,34)(H,35,36). The van der Waals surface area contributed by atoms with Gasteiger partial charge in [0.15, 0.2) is 5.43 Å². The number of aromatic carboxylic acids is 1. The van der Waals surface area contributed by atoms with E-state index < -0.39 is 5.97 Å². The fourth-order valence-corrected chi connectivity index (χ4v) is 4.83. The Morgan fingerprint density at radius 1 is 1.16 bits per heavy atom. The summed E-state index contributed by atoms with van der Waals surface area (Å²) in [5.74, 6) is 0.306. The van der Waals surface area contributed by atoms with Gasteiger partial charge in [0, 0.05) is 30.1 Å². The van der Waals surface area contributed by atoms with E-state index in [1.54, 1.807) is 22.9 Å². The highest BCUT2D eigenvalue weighted by Gasteiger charge is 2.18. The number of hydrogen-bond acceptors (Lipinski definition) is 6. The number of aromatic nitrogens is 4. The van der Waals surface area contributed by atoms with Crippen LogP contribution >= 0.6 is 0 Å². The fraction of sp³-hybridized carbons (Fsp3) is 0.357. The van der Waals surface area contributed by atoms with E-state index in [1.807, 2.05) is 30.5 Å². The molecule has 0 amide bonds. The minimum absolute atomic E-state index is 0.0511. The molecule has 37 heavy (non-hydrogen) atoms. The van der Waals surface area contributed by atoms with E-state index in [2.05, 4.69) is 34.0 Å². The van der Waals surface area contributed by atoms with Gasteiger partial charge < -0.3 is 19.7 Å². The number of carbonyl (C=O) groups is 1. The maximum atomic E-state index is 12.9. The van der Waals surface area contributed by atoms with E-state index in [1.165, 1.54) is 0 Å². The summed E-state index contributed by atoms with van der Waals surface area (Å²) in [5.41, 5.74) is 4.18. The van der Waals surface area contributed by atoms with Gasteiger partial charge in [-0.2, -0.15) is 0 Å². The van der Waals surface area contributed by atoms with Gasteiger partial charge >= 0.3 is 5.97 Å². The van der Waals surface area contributed by atoms with Crippen LogP contribution in [0.5, 0.6) is 0 Å². The number of nitrogens with zero attached hydrogens (tertiary/aromatic N) is 4. The summed E-state index contributed by atoms with van der Waals surface area (Å²) in [6.45, 7) is 7.35. The van der Waals surface area contributed by atoms with Gasteiger partial charge in [0.05, 0.1) is 37.0 Å². The number of benzene rings is 2. The zero-order valence-corrected chi connectivity index (χ0v) is 21.1. The van der Waals surface area contributed by atoms with Crippen molar-refractivity contribution in [3.05, 3.63) is 75.6 Å². The van der Waals surface area contributed by atoms with Gasteiger partial charge in [-0.15, -0.1) is 5.10 Å². The Kier molecular flexibility index (Phi) is 7.05. The van der Waals surface area contributed by atoms with Crippen LogP contribution in [0.25, 0.3) is 22.2 Å². The van der Waals surface area contributed by atoms with E-state index in [0.717, 1.165) is 28.9 Å². The molecule has 0 atom stereocenters. The lowest BCUT2D eigenvalue weighted by atomic mass is 9.94. The van der Waals surface area contributed by atoms with Crippen molar-refractivity contribution in [3.63, 3.8) is 0 Å². The Morgan fingerprint density at radius 3 is 2.70 bits per heavy atom. The Bertz CT molecular complexity index is 1480. The first-order valence-corrected chi connectivity index (χ1v) is 12.6. The number of H-pyrrole nitrogens is 1. The lowest BCUT2D eigenvalue weighted by Crippen LogP contribution is -2.37. The summed E-state index contributed by atoms with van der Waals surface area (Å²) in [6, 6.07) is 12.6. The van der Waals surface area contributed by atoms with Gasteiger partial charge in [-0.05, 0) is 42.0 Å². The normalized spacial score (nSPS) is 14.0. The molecule has 2 aromatic carbocycles. The van der Waals surface area contributed by atoms with Crippen molar-refractivity contribution in [2.45, 2.75) is 33.2 Å². The third-order valence-electron chi connectivity index (χ3n) is 6.82. The highest BCUT2D eigenvalue weighted by Crippen LogP contribution is 2.27. The molecular weight excluding hydrogens is 470 g/mol. The molecule has 9 heteroatoms. The molecule has 1 fully saturated rings. The number of para-hydroxylation sites is 1. The molecule has 2 N–H and O–H groups in total. The van der Waals surface area contributed by atoms with Crippen molar-refractivity contribution in [2.75, 3.05) is 31.2 Å². The third-order valence-corrected chi connectivity index (χ3v) is 6.82. The quantitative estimate of drug-likeness (QED) is 0.376. The molecule has 2 aromatic heterocycles. The van der Waals surface area contributed by atoms with Crippen LogP contribution in [0, 0.1) is 5.92 Å². The predicted molar refractivity (Wildman–Crippen MR) is 142 cm³/mol. The first kappa shape index (κ1) is 24.7. The number of ether oxygens (including phenoxy) is 1. The fourth-order valence-electron chi connectivity index (χ4n) is 4.83. The average Bonchev–Trinajstić information content (AvgIpc) is 3.36. The van der Waals surface area contributed by atoms with Crippen molar-refractivity contribution in [2.24, 2.45) is 5.92 Å². The maximum Gasteiger partial charge on any atom is 0.335 e. The highest BCUT2D eigenvalue weighted by molar-refractivity contribution is 5.93. The Balaban J connectivity index is 1.49. The van der Waals surface area contributed by atoms with Crippen LogP contribution in [-0.4, -0.2) is 57.4 Å². The van der Waals surface area contributed by atoms with Crippen LogP contribution in [-0.2, 0) is 17.7 Å². The van der Waals surface area contributed by atoms with Crippen molar-refractivity contribution >= 4 is 22.7 Å². The number of fused-ring (bicyclic) bond motifs is 1. The summed E-state index contributed by atoms with van der Waals surface area (Å²) in [5, 5.41) is 19.1. The molecule has 9 nitrogen and oxygen atoms in total. The van der Waals surface area contributed by atoms with Gasteiger partial charge in [-0.1, -0.05) is 43.3 Å². The number of carboxylic acid groups (broad SMARTS) is 1. The van der Waals surface area contributed by atoms with E-state index in [9.17, 15) is 14.7 Å². The molecule has 1 aliphatic heterocycles. The molecule has 0 unspecified atom stereocenters. The summed E-state index contributed by atoms with van der Waals surface area (Å²) in [4.78, 5) is 30.4. The molecule has 0 saturated carbocycles. The Hall–Kier alpha value is -3.98. The van der Waals surface area contributed by atoms with Gasteiger partial charge in [0.1, 0.15) is 11.5 Å². The molecular formula is C28H31N5O4. The maximum absolute atomic E-state index is 12.9. The summed E-state index contributed by atoms with van der Waals surface area (Å²) in [7, 11) is 0. The lowest BCUT2D eigenvalue weighted by Gasteiger charge is -2.28. The third kappa shape index (κ3) is 5.27. The van der Waals surface area contributed by atoms with Crippen molar-refractivity contribution < 1.29 is 14.6 Å². The SMILES string of the molecule is CC(C)CCc1c(Cn2cc(-c3cccc4c(=O)cc(N5CCOCC5)[nH]c34)nn2)cccc1C(=O)O. The molecule has 4 aromatic rings. The van der Waals surface area contributed by atoms with Crippen LogP contribution in [0.15, 0.2) is 53.5 Å². The molecule has 0 radical (unpaired) electrons. The number of carboxylic acids is 1. The number of morpholine rings is 1. The summed E-state index contributed by atoms with van der Waals surface area (Å²) >= 11 is 0. The van der Waals surface area contributed by atoms with Crippen molar-refractivity contribution in [1.29, 1.82) is 0 Å². The minimum Gasteiger partial charge on any atom is -0.478 e. The first-order valence-electron chi connectivity index (χ1n) is 12.6. The predicted octanol–water partition coefficient (Wildman–Crippen LogP) is 3.96. The molecule has 1 saturated heterocycles. The number of hydrogen-bond donors (Lipinski definition) is 2. The molecule has 3 heterocycles. The second-order valence-corrected chi connectivity index (χ2v) is 9.83. The van der Waals surface area contributed by atoms with Gasteiger partial charge in [0.25, 0.3) is 0 Å². The lowest BCUT2D eigenvalue weighted by molar-refractivity contribution is 0.0695. The van der Waals surface area contributed by atoms with E-state index in [0.29, 0.717) is 67.3 Å². The monoisotopic (exact) mass is 501 g/mol. The second kappa shape index (κ2) is 10.6. The van der Waals surface area contributed by atoms with Gasteiger partial charge in [0.2, 0.25) is 0 Å². The highest BCUT2D eigenvalue weighted by atomic mass is 16.5. The topological polar surface area (TPSA) is 113 Å². The van der Waals surface area contributed by atoms with Gasteiger partial charge in [-0.3, -0.25) is 4.79 Å². The van der Waals surface area contributed by atoms with E-state index in [4.69, 9.17) is 4.74 Å². The van der Waals surface area contributed by atoms with Crippen molar-refractivity contribution in [1.82, 2.24) is 20.0 Å². The molecule has 5 rings (SSSR count). The zero-order valence-electron chi connectivity index (χ0n) is 21.1. The van der Waals surface area contributed by atoms with Crippen LogP contribution < -0.4 is 10.3 Å². The average molecular weight is 502 g/mol.